The Labute approximate surface area is 125 Å². The Morgan fingerprint density at radius 1 is 1.38 bits per heavy atom. The van der Waals surface area contributed by atoms with Gasteiger partial charge < -0.3 is 10.1 Å². The second kappa shape index (κ2) is 6.87. The van der Waals surface area contributed by atoms with Crippen LogP contribution in [0.1, 0.15) is 12.8 Å². The number of nitrogens with zero attached hydrogens (tertiary/aromatic N) is 1. The molecule has 21 heavy (non-hydrogen) atoms. The van der Waals surface area contributed by atoms with Crippen LogP contribution < -0.4 is 5.32 Å². The molecule has 0 bridgehead atoms. The summed E-state index contributed by atoms with van der Waals surface area (Å²) in [5.74, 6) is -3.04. The van der Waals surface area contributed by atoms with Gasteiger partial charge in [0.2, 0.25) is 5.91 Å². The van der Waals surface area contributed by atoms with Gasteiger partial charge in [-0.15, -0.1) is 0 Å². The van der Waals surface area contributed by atoms with Gasteiger partial charge in [-0.3, -0.25) is 4.79 Å². The van der Waals surface area contributed by atoms with Crippen molar-refractivity contribution < 1.29 is 18.3 Å². The molecule has 1 aromatic carbocycles. The molecule has 0 radical (unpaired) electrons. The number of para-hydroxylation sites is 1. The molecule has 1 saturated heterocycles. The van der Waals surface area contributed by atoms with Gasteiger partial charge in [-0.1, -0.05) is 23.9 Å². The van der Waals surface area contributed by atoms with Crippen molar-refractivity contribution >= 4 is 23.4 Å². The van der Waals surface area contributed by atoms with Crippen molar-refractivity contribution in [2.45, 2.75) is 23.5 Å². The number of hydrogen-bond donors (Lipinski definition) is 1. The summed E-state index contributed by atoms with van der Waals surface area (Å²) >= 11 is 0.365. The lowest BCUT2D eigenvalue weighted by atomic mass is 9.81. The maximum Gasteiger partial charge on any atom is 0.288 e. The largest absolute Gasteiger partial charge is 0.381 e. The number of halogens is 2. The summed E-state index contributed by atoms with van der Waals surface area (Å²) in [4.78, 5) is 12.7. The summed E-state index contributed by atoms with van der Waals surface area (Å²) in [6.45, 7) is 0.683. The van der Waals surface area contributed by atoms with Gasteiger partial charge in [0.25, 0.3) is 5.76 Å². The zero-order chi connectivity index (χ0) is 15.3. The van der Waals surface area contributed by atoms with Gasteiger partial charge >= 0.3 is 0 Å². The summed E-state index contributed by atoms with van der Waals surface area (Å²) < 4.78 is 30.2. The van der Waals surface area contributed by atoms with Crippen LogP contribution in [0.3, 0.4) is 0 Å². The minimum atomic E-state index is -2.57. The molecule has 1 fully saturated rings. The molecule has 112 valence electrons. The highest BCUT2D eigenvalue weighted by molar-refractivity contribution is 7.99. The second-order valence-electron chi connectivity index (χ2n) is 4.64. The third-order valence-corrected chi connectivity index (χ3v) is 4.13. The van der Waals surface area contributed by atoms with E-state index in [1.807, 2.05) is 0 Å². The SMILES string of the molecule is N#CC1(C(=O)Nc2ccccc2SC(F)F)CCOCC1. The Balaban J connectivity index is 2.17. The Hall–Kier alpha value is -1.65. The van der Waals surface area contributed by atoms with Gasteiger partial charge in [-0.2, -0.15) is 14.0 Å². The van der Waals surface area contributed by atoms with Crippen LogP contribution in [0.4, 0.5) is 14.5 Å². The molecule has 0 saturated carbocycles. The number of carbonyl (C=O) groups is 1. The maximum absolute atomic E-state index is 12.5. The summed E-state index contributed by atoms with van der Waals surface area (Å²) in [6.07, 6.45) is 0.610. The quantitative estimate of drug-likeness (QED) is 0.867. The molecule has 1 aliphatic heterocycles. The van der Waals surface area contributed by atoms with E-state index in [0.717, 1.165) is 0 Å². The highest BCUT2D eigenvalue weighted by atomic mass is 32.2. The number of anilines is 1. The molecule has 2 rings (SSSR count). The molecule has 0 atom stereocenters. The van der Waals surface area contributed by atoms with E-state index in [0.29, 0.717) is 43.5 Å². The molecular weight excluding hydrogens is 298 g/mol. The van der Waals surface area contributed by atoms with E-state index in [4.69, 9.17) is 4.74 Å². The fourth-order valence-corrected chi connectivity index (χ4v) is 2.72. The summed E-state index contributed by atoms with van der Waals surface area (Å²) in [6, 6.07) is 8.38. The molecule has 1 N–H and O–H groups in total. The lowest BCUT2D eigenvalue weighted by Gasteiger charge is -2.29. The molecule has 0 aliphatic carbocycles. The first-order valence-electron chi connectivity index (χ1n) is 6.42. The number of nitriles is 1. The molecule has 1 heterocycles. The van der Waals surface area contributed by atoms with E-state index >= 15 is 0 Å². The number of hydrogen-bond acceptors (Lipinski definition) is 4. The average molecular weight is 312 g/mol. The highest BCUT2D eigenvalue weighted by Crippen LogP contribution is 2.35. The number of nitrogens with one attached hydrogen (secondary N) is 1. The number of carbonyl (C=O) groups excluding carboxylic acids is 1. The first-order valence-corrected chi connectivity index (χ1v) is 7.30. The summed E-state index contributed by atoms with van der Waals surface area (Å²) in [5, 5.41) is 11.9. The summed E-state index contributed by atoms with van der Waals surface area (Å²) in [7, 11) is 0. The van der Waals surface area contributed by atoms with Gasteiger partial charge in [0.05, 0.1) is 11.8 Å². The predicted molar refractivity (Wildman–Crippen MR) is 75.0 cm³/mol. The zero-order valence-electron chi connectivity index (χ0n) is 11.1. The Morgan fingerprint density at radius 3 is 2.67 bits per heavy atom. The molecule has 0 unspecified atom stereocenters. The van der Waals surface area contributed by atoms with Gasteiger partial charge in [0, 0.05) is 18.1 Å². The van der Waals surface area contributed by atoms with Gasteiger partial charge in [0.1, 0.15) is 5.41 Å². The molecule has 0 spiro atoms. The second-order valence-corrected chi connectivity index (χ2v) is 5.67. The van der Waals surface area contributed by atoms with Gasteiger partial charge in [-0.25, -0.2) is 0 Å². The van der Waals surface area contributed by atoms with Crippen molar-refractivity contribution in [2.24, 2.45) is 5.41 Å². The van der Waals surface area contributed by atoms with E-state index in [1.165, 1.54) is 6.07 Å². The molecule has 1 aliphatic rings. The Kier molecular flexibility index (Phi) is 5.15. The third kappa shape index (κ3) is 3.71. The number of ether oxygens (including phenoxy) is 1. The third-order valence-electron chi connectivity index (χ3n) is 3.35. The van der Waals surface area contributed by atoms with Crippen molar-refractivity contribution in [1.82, 2.24) is 0 Å². The standard InChI is InChI=1S/C14H14F2N2O2S/c15-13(16)21-11-4-2-1-3-10(11)18-12(19)14(9-17)5-7-20-8-6-14/h1-4,13H,5-8H2,(H,18,19). The van der Waals surface area contributed by atoms with Crippen molar-refractivity contribution in [3.8, 4) is 6.07 Å². The highest BCUT2D eigenvalue weighted by Gasteiger charge is 2.40. The van der Waals surface area contributed by atoms with Crippen molar-refractivity contribution in [2.75, 3.05) is 18.5 Å². The average Bonchev–Trinajstić information content (AvgIpc) is 2.49. The first-order chi connectivity index (χ1) is 10.1. The number of alkyl halides is 2. The van der Waals surface area contributed by atoms with Crippen molar-refractivity contribution in [1.29, 1.82) is 5.26 Å². The summed E-state index contributed by atoms with van der Waals surface area (Å²) in [5.41, 5.74) is -0.852. The minimum absolute atomic E-state index is 0.279. The lowest BCUT2D eigenvalue weighted by Crippen LogP contribution is -2.40. The van der Waals surface area contributed by atoms with Crippen molar-refractivity contribution in [3.05, 3.63) is 24.3 Å². The van der Waals surface area contributed by atoms with E-state index < -0.39 is 17.1 Å². The Bertz CT molecular complexity index is 554. The van der Waals surface area contributed by atoms with E-state index in [9.17, 15) is 18.8 Å². The fraction of sp³-hybridized carbons (Fsp3) is 0.429. The number of amides is 1. The molecule has 0 aromatic heterocycles. The van der Waals surface area contributed by atoms with Gasteiger partial charge in [-0.05, 0) is 25.0 Å². The van der Waals surface area contributed by atoms with Crippen LogP contribution >= 0.6 is 11.8 Å². The lowest BCUT2D eigenvalue weighted by molar-refractivity contribution is -0.126. The van der Waals surface area contributed by atoms with E-state index in [1.54, 1.807) is 18.2 Å². The van der Waals surface area contributed by atoms with Gasteiger partial charge in [0.15, 0.2) is 0 Å². The minimum Gasteiger partial charge on any atom is -0.381 e. The number of thioether (sulfide) groups is 1. The van der Waals surface area contributed by atoms with E-state index in [2.05, 4.69) is 11.4 Å². The monoisotopic (exact) mass is 312 g/mol. The first kappa shape index (κ1) is 15.7. The molecule has 4 nitrogen and oxygen atoms in total. The molecule has 7 heteroatoms. The topological polar surface area (TPSA) is 62.1 Å². The van der Waals surface area contributed by atoms with E-state index in [-0.39, 0.29) is 4.90 Å². The normalized spacial score (nSPS) is 17.2. The molecular formula is C14H14F2N2O2S. The van der Waals surface area contributed by atoms with Crippen LogP contribution in [0, 0.1) is 16.7 Å². The molecule has 1 amide bonds. The van der Waals surface area contributed by atoms with Crippen LogP contribution in [0.25, 0.3) is 0 Å². The smallest absolute Gasteiger partial charge is 0.288 e. The zero-order valence-corrected chi connectivity index (χ0v) is 12.0. The van der Waals surface area contributed by atoms with Crippen LogP contribution in [0.2, 0.25) is 0 Å². The van der Waals surface area contributed by atoms with Crippen LogP contribution in [0.5, 0.6) is 0 Å². The molecule has 1 aromatic rings. The predicted octanol–water partition coefficient (Wildman–Crippen LogP) is 3.26. The van der Waals surface area contributed by atoms with Crippen LogP contribution in [-0.2, 0) is 9.53 Å². The van der Waals surface area contributed by atoms with Crippen LogP contribution in [-0.4, -0.2) is 24.9 Å². The van der Waals surface area contributed by atoms with Crippen molar-refractivity contribution in [3.63, 3.8) is 0 Å². The van der Waals surface area contributed by atoms with Crippen LogP contribution in [0.15, 0.2) is 29.2 Å². The Morgan fingerprint density at radius 2 is 2.05 bits per heavy atom. The number of rotatable bonds is 4. The fourth-order valence-electron chi connectivity index (χ4n) is 2.12. The maximum atomic E-state index is 12.5. The number of benzene rings is 1.